The van der Waals surface area contributed by atoms with Gasteiger partial charge >= 0.3 is 0 Å². The maximum Gasteiger partial charge on any atom is 0.234 e. The zero-order valence-electron chi connectivity index (χ0n) is 19.2. The topological polar surface area (TPSA) is 56.8 Å². The van der Waals surface area contributed by atoms with Crippen LogP contribution in [-0.2, 0) is 9.59 Å². The lowest BCUT2D eigenvalue weighted by atomic mass is 10.1. The van der Waals surface area contributed by atoms with E-state index in [-0.39, 0.29) is 24.2 Å². The first-order valence-corrected chi connectivity index (χ1v) is 11.8. The number of fused-ring (bicyclic) bond motifs is 1. The second-order valence-corrected chi connectivity index (χ2v) is 9.75. The molecule has 1 atom stereocenters. The van der Waals surface area contributed by atoms with Gasteiger partial charge in [-0.05, 0) is 70.2 Å². The summed E-state index contributed by atoms with van der Waals surface area (Å²) in [6.45, 7) is 6.04. The molecule has 32 heavy (non-hydrogen) atoms. The largest absolute Gasteiger partial charge is 0.312 e. The Kier molecular flexibility index (Phi) is 6.58. The number of aromatic nitrogens is 1. The van der Waals surface area contributed by atoms with Crippen molar-refractivity contribution in [1.29, 1.82) is 0 Å². The molecule has 168 valence electrons. The predicted octanol–water partition coefficient (Wildman–Crippen LogP) is 4.25. The number of thiazole rings is 1. The number of aryl methyl sites for hydroxylation is 2. The third kappa shape index (κ3) is 4.54. The van der Waals surface area contributed by atoms with Crippen LogP contribution < -0.4 is 9.80 Å². The Hall–Kier alpha value is -2.77. The summed E-state index contributed by atoms with van der Waals surface area (Å²) in [5, 5.41) is 0.725. The van der Waals surface area contributed by atoms with Gasteiger partial charge in [-0.15, -0.1) is 0 Å². The highest BCUT2D eigenvalue weighted by atomic mass is 32.1. The van der Waals surface area contributed by atoms with Gasteiger partial charge in [-0.3, -0.25) is 14.5 Å². The molecule has 1 aliphatic heterocycles. The molecule has 3 aromatic rings. The average molecular weight is 451 g/mol. The molecule has 7 heteroatoms. The van der Waals surface area contributed by atoms with Crippen LogP contribution in [0.1, 0.15) is 24.0 Å². The molecule has 1 fully saturated rings. The van der Waals surface area contributed by atoms with Crippen molar-refractivity contribution in [3.05, 3.63) is 53.6 Å². The Bertz CT molecular complexity index is 1130. The number of benzene rings is 2. The molecular weight excluding hydrogens is 420 g/mol. The summed E-state index contributed by atoms with van der Waals surface area (Å²) >= 11 is 1.55. The summed E-state index contributed by atoms with van der Waals surface area (Å²) in [6.07, 6.45) is 1.08. The van der Waals surface area contributed by atoms with Crippen LogP contribution in [0.15, 0.2) is 42.5 Å². The quantitative estimate of drug-likeness (QED) is 0.540. The maximum absolute atomic E-state index is 13.7. The molecule has 0 radical (unpaired) electrons. The number of carbonyl (C=O) groups excluding carboxylic acids is 2. The van der Waals surface area contributed by atoms with Crippen molar-refractivity contribution in [1.82, 2.24) is 9.88 Å². The molecule has 0 spiro atoms. The number of nitrogens with zero attached hydrogens (tertiary/aromatic N) is 4. The summed E-state index contributed by atoms with van der Waals surface area (Å²) < 4.78 is 1.09. The lowest BCUT2D eigenvalue weighted by Gasteiger charge is -2.24. The van der Waals surface area contributed by atoms with Gasteiger partial charge in [0.1, 0.15) is 0 Å². The van der Waals surface area contributed by atoms with E-state index in [1.807, 2.05) is 49.3 Å². The predicted molar refractivity (Wildman–Crippen MR) is 132 cm³/mol. The van der Waals surface area contributed by atoms with Crippen molar-refractivity contribution >= 4 is 44.2 Å². The molecule has 0 aliphatic carbocycles. The van der Waals surface area contributed by atoms with Crippen molar-refractivity contribution < 1.29 is 9.59 Å². The SMILES string of the molecule is Cc1ccc2sc(N(CCCN(C)C)C(=O)C3CC(=O)N(c4ccccc4)C3)nc2c1C. The average Bonchev–Trinajstić information content (AvgIpc) is 3.38. The normalized spacial score (nSPS) is 16.3. The van der Waals surface area contributed by atoms with Crippen LogP contribution in [0.4, 0.5) is 10.8 Å². The highest BCUT2D eigenvalue weighted by molar-refractivity contribution is 7.22. The van der Waals surface area contributed by atoms with Gasteiger partial charge < -0.3 is 9.80 Å². The molecule has 4 rings (SSSR count). The molecule has 1 saturated heterocycles. The molecular formula is C25H30N4O2S. The van der Waals surface area contributed by atoms with E-state index in [0.717, 1.165) is 39.6 Å². The van der Waals surface area contributed by atoms with Crippen molar-refractivity contribution in [2.45, 2.75) is 26.7 Å². The number of rotatable bonds is 7. The molecule has 0 saturated carbocycles. The van der Waals surface area contributed by atoms with Crippen LogP contribution in [0.25, 0.3) is 10.2 Å². The zero-order chi connectivity index (χ0) is 22.8. The highest BCUT2D eigenvalue weighted by Gasteiger charge is 2.38. The van der Waals surface area contributed by atoms with E-state index in [2.05, 4.69) is 30.9 Å². The molecule has 6 nitrogen and oxygen atoms in total. The summed E-state index contributed by atoms with van der Waals surface area (Å²) in [6, 6.07) is 13.8. The fraction of sp³-hybridized carbons (Fsp3) is 0.400. The number of hydrogen-bond acceptors (Lipinski definition) is 5. The first-order chi connectivity index (χ1) is 15.3. The molecule has 2 heterocycles. The second kappa shape index (κ2) is 9.38. The molecule has 1 aliphatic rings. The summed E-state index contributed by atoms with van der Waals surface area (Å²) in [5.74, 6) is -0.376. The van der Waals surface area contributed by atoms with E-state index < -0.39 is 0 Å². The molecule has 2 amide bonds. The van der Waals surface area contributed by atoms with Crippen LogP contribution in [0.5, 0.6) is 0 Å². The minimum absolute atomic E-state index is 0.00133. The Morgan fingerprint density at radius 2 is 1.88 bits per heavy atom. The van der Waals surface area contributed by atoms with Crippen molar-refractivity contribution in [2.24, 2.45) is 5.92 Å². The van der Waals surface area contributed by atoms with Gasteiger partial charge in [-0.1, -0.05) is 35.6 Å². The molecule has 2 aromatic carbocycles. The summed E-state index contributed by atoms with van der Waals surface area (Å²) in [5.41, 5.74) is 4.15. The van der Waals surface area contributed by atoms with Gasteiger partial charge in [0.25, 0.3) is 0 Å². The zero-order valence-corrected chi connectivity index (χ0v) is 20.0. The van der Waals surface area contributed by atoms with Crippen LogP contribution in [0.3, 0.4) is 0 Å². The van der Waals surface area contributed by atoms with E-state index in [4.69, 9.17) is 4.98 Å². The number of carbonyl (C=O) groups is 2. The van der Waals surface area contributed by atoms with E-state index in [0.29, 0.717) is 13.1 Å². The Morgan fingerprint density at radius 3 is 2.59 bits per heavy atom. The maximum atomic E-state index is 13.7. The van der Waals surface area contributed by atoms with Crippen molar-refractivity contribution in [2.75, 3.05) is 43.5 Å². The number of amides is 2. The van der Waals surface area contributed by atoms with Crippen LogP contribution in [0.2, 0.25) is 0 Å². The van der Waals surface area contributed by atoms with Gasteiger partial charge in [0.05, 0.1) is 16.1 Å². The van der Waals surface area contributed by atoms with Gasteiger partial charge in [0.2, 0.25) is 11.8 Å². The second-order valence-electron chi connectivity index (χ2n) is 8.74. The molecule has 1 unspecified atom stereocenters. The van der Waals surface area contributed by atoms with Crippen molar-refractivity contribution in [3.8, 4) is 0 Å². The van der Waals surface area contributed by atoms with Gasteiger partial charge in [0.15, 0.2) is 5.13 Å². The van der Waals surface area contributed by atoms with Gasteiger partial charge in [0, 0.05) is 25.2 Å². The number of hydrogen-bond donors (Lipinski definition) is 0. The lowest BCUT2D eigenvalue weighted by molar-refractivity contribution is -0.124. The minimum atomic E-state index is -0.364. The minimum Gasteiger partial charge on any atom is -0.312 e. The van der Waals surface area contributed by atoms with E-state index in [1.165, 1.54) is 5.56 Å². The number of anilines is 2. The van der Waals surface area contributed by atoms with E-state index in [1.54, 1.807) is 16.2 Å². The smallest absolute Gasteiger partial charge is 0.234 e. The van der Waals surface area contributed by atoms with Crippen LogP contribution in [-0.4, -0.2) is 55.4 Å². The molecule has 1 aromatic heterocycles. The first-order valence-electron chi connectivity index (χ1n) is 11.0. The number of para-hydroxylation sites is 1. The monoisotopic (exact) mass is 450 g/mol. The van der Waals surface area contributed by atoms with Crippen LogP contribution in [0, 0.1) is 19.8 Å². The van der Waals surface area contributed by atoms with E-state index in [9.17, 15) is 9.59 Å². The third-order valence-electron chi connectivity index (χ3n) is 6.10. The summed E-state index contributed by atoms with van der Waals surface area (Å²) in [7, 11) is 4.06. The molecule has 0 bridgehead atoms. The highest BCUT2D eigenvalue weighted by Crippen LogP contribution is 2.34. The molecule has 0 N–H and O–H groups in total. The summed E-state index contributed by atoms with van der Waals surface area (Å²) in [4.78, 5) is 36.9. The Labute approximate surface area is 193 Å². The van der Waals surface area contributed by atoms with Gasteiger partial charge in [-0.25, -0.2) is 4.98 Å². The standard InChI is InChI=1S/C25H30N4O2S/c1-17-11-12-21-23(18(17)2)26-25(32-21)28(14-8-13-27(3)4)24(31)19-15-22(30)29(16-19)20-9-6-5-7-10-20/h5-7,9-12,19H,8,13-16H2,1-4H3. The first kappa shape index (κ1) is 22.4. The Balaban J connectivity index is 1.61. The van der Waals surface area contributed by atoms with Crippen molar-refractivity contribution in [3.63, 3.8) is 0 Å². The fourth-order valence-electron chi connectivity index (χ4n) is 4.13. The third-order valence-corrected chi connectivity index (χ3v) is 7.14. The Morgan fingerprint density at radius 1 is 1.12 bits per heavy atom. The van der Waals surface area contributed by atoms with E-state index >= 15 is 0 Å². The van der Waals surface area contributed by atoms with Gasteiger partial charge in [-0.2, -0.15) is 0 Å². The fourth-order valence-corrected chi connectivity index (χ4v) is 5.18. The van der Waals surface area contributed by atoms with Crippen LogP contribution >= 0.6 is 11.3 Å². The lowest BCUT2D eigenvalue weighted by Crippen LogP contribution is -2.39.